The van der Waals surface area contributed by atoms with E-state index < -0.39 is 5.92 Å². The Balaban J connectivity index is 1.85. The third-order valence-electron chi connectivity index (χ3n) is 3.80. The van der Waals surface area contributed by atoms with Crippen molar-refractivity contribution in [2.24, 2.45) is 11.8 Å². The van der Waals surface area contributed by atoms with Gasteiger partial charge in [0.25, 0.3) is 0 Å². The van der Waals surface area contributed by atoms with Crippen LogP contribution in [0, 0.1) is 11.8 Å². The molecule has 1 aliphatic carbocycles. The smallest absolute Gasteiger partial charge is 0.237 e. The van der Waals surface area contributed by atoms with Crippen molar-refractivity contribution in [3.05, 3.63) is 47.5 Å². The Hall–Kier alpha value is -2.23. The summed E-state index contributed by atoms with van der Waals surface area (Å²) in [5.41, 5.74) is 1.37. The normalized spacial score (nSPS) is 25.5. The van der Waals surface area contributed by atoms with Crippen LogP contribution in [-0.4, -0.2) is 23.0 Å². The van der Waals surface area contributed by atoms with Crippen molar-refractivity contribution in [3.8, 4) is 0 Å². The lowest BCUT2D eigenvalue weighted by molar-refractivity contribution is -0.140. The van der Waals surface area contributed by atoms with Crippen molar-refractivity contribution in [1.82, 2.24) is 4.90 Å². The Morgan fingerprint density at radius 1 is 1.16 bits per heavy atom. The number of fused-ring (bicyclic) bond motifs is 1. The van der Waals surface area contributed by atoms with Gasteiger partial charge in [-0.3, -0.25) is 19.3 Å². The van der Waals surface area contributed by atoms with Crippen LogP contribution in [0.3, 0.4) is 0 Å². The van der Waals surface area contributed by atoms with Crippen LogP contribution in [0.4, 0.5) is 0 Å². The number of carbonyl (C=O) groups is 3. The number of amides is 2. The fraction of sp³-hybridized carbons (Fsp3) is 0.267. The van der Waals surface area contributed by atoms with Gasteiger partial charge in [0.2, 0.25) is 11.8 Å². The summed E-state index contributed by atoms with van der Waals surface area (Å²) >= 11 is 0. The number of rotatable bonds is 3. The van der Waals surface area contributed by atoms with E-state index in [0.29, 0.717) is 18.3 Å². The van der Waals surface area contributed by atoms with E-state index in [4.69, 9.17) is 0 Å². The van der Waals surface area contributed by atoms with E-state index in [2.05, 4.69) is 0 Å². The number of hydrogen-bond donors (Lipinski definition) is 0. The van der Waals surface area contributed by atoms with Crippen LogP contribution in [0.5, 0.6) is 0 Å². The van der Waals surface area contributed by atoms with Crippen molar-refractivity contribution in [2.45, 2.75) is 13.0 Å². The van der Waals surface area contributed by atoms with E-state index in [9.17, 15) is 14.4 Å². The number of likely N-dealkylation sites (tertiary alicyclic amines) is 1. The van der Waals surface area contributed by atoms with Crippen molar-refractivity contribution < 1.29 is 14.4 Å². The highest BCUT2D eigenvalue weighted by Crippen LogP contribution is 2.39. The van der Waals surface area contributed by atoms with E-state index in [1.807, 2.05) is 30.3 Å². The molecule has 1 saturated heterocycles. The first-order valence-corrected chi connectivity index (χ1v) is 6.26. The van der Waals surface area contributed by atoms with Crippen molar-refractivity contribution in [1.29, 1.82) is 0 Å². The Kier molecular flexibility index (Phi) is 2.78. The first-order chi connectivity index (χ1) is 9.22. The molecule has 3 rings (SSSR count). The van der Waals surface area contributed by atoms with Crippen LogP contribution >= 0.6 is 0 Å². The molecule has 0 bridgehead atoms. The quantitative estimate of drug-likeness (QED) is 0.604. The molecule has 19 heavy (non-hydrogen) atoms. The van der Waals surface area contributed by atoms with Gasteiger partial charge in [-0.15, -0.1) is 0 Å². The van der Waals surface area contributed by atoms with Crippen LogP contribution in [0.1, 0.15) is 12.0 Å². The molecule has 2 amide bonds. The number of imide groups is 1. The molecule has 0 aromatic heterocycles. The maximum Gasteiger partial charge on any atom is 0.237 e. The highest BCUT2D eigenvalue weighted by molar-refractivity contribution is 6.09. The number of aldehydes is 1. The monoisotopic (exact) mass is 255 g/mol. The zero-order chi connectivity index (χ0) is 13.4. The molecule has 4 nitrogen and oxygen atoms in total. The molecule has 1 aromatic carbocycles. The first kappa shape index (κ1) is 11.8. The minimum Gasteiger partial charge on any atom is -0.298 e. The van der Waals surface area contributed by atoms with E-state index in [0.717, 1.165) is 5.56 Å². The predicted molar refractivity (Wildman–Crippen MR) is 67.7 cm³/mol. The average molecular weight is 255 g/mol. The molecule has 2 atom stereocenters. The van der Waals surface area contributed by atoms with Crippen molar-refractivity contribution in [3.63, 3.8) is 0 Å². The fourth-order valence-corrected chi connectivity index (χ4v) is 2.84. The van der Waals surface area contributed by atoms with E-state index in [-0.39, 0.29) is 24.3 Å². The molecule has 1 fully saturated rings. The molecular formula is C15H13NO3. The van der Waals surface area contributed by atoms with Crippen molar-refractivity contribution in [2.75, 3.05) is 0 Å². The van der Waals surface area contributed by atoms with Gasteiger partial charge in [-0.25, -0.2) is 0 Å². The number of hydrogen-bond acceptors (Lipinski definition) is 3. The zero-order valence-electron chi connectivity index (χ0n) is 10.3. The summed E-state index contributed by atoms with van der Waals surface area (Å²) in [5, 5.41) is 0. The van der Waals surface area contributed by atoms with Gasteiger partial charge < -0.3 is 0 Å². The molecule has 0 radical (unpaired) electrons. The SMILES string of the molecule is O=CC1=CC[C@@H]2C(=O)N(Cc3ccccc3)C(=O)[C@H]12. The minimum atomic E-state index is -0.547. The van der Waals surface area contributed by atoms with Crippen molar-refractivity contribution >= 4 is 18.1 Å². The van der Waals surface area contributed by atoms with Gasteiger partial charge in [-0.1, -0.05) is 36.4 Å². The summed E-state index contributed by atoms with van der Waals surface area (Å²) in [4.78, 5) is 36.7. The van der Waals surface area contributed by atoms with Crippen LogP contribution in [-0.2, 0) is 20.9 Å². The Bertz CT molecular complexity index is 576. The zero-order valence-corrected chi connectivity index (χ0v) is 10.3. The molecule has 0 unspecified atom stereocenters. The van der Waals surface area contributed by atoms with E-state index >= 15 is 0 Å². The summed E-state index contributed by atoms with van der Waals surface area (Å²) < 4.78 is 0. The summed E-state index contributed by atoms with van der Waals surface area (Å²) in [6, 6.07) is 9.39. The molecular weight excluding hydrogens is 242 g/mol. The highest BCUT2D eigenvalue weighted by atomic mass is 16.2. The van der Waals surface area contributed by atoms with Gasteiger partial charge in [0.1, 0.15) is 6.29 Å². The lowest BCUT2D eigenvalue weighted by Gasteiger charge is -2.15. The van der Waals surface area contributed by atoms with Crippen LogP contribution in [0.25, 0.3) is 0 Å². The number of carbonyl (C=O) groups excluding carboxylic acids is 3. The standard InChI is InChI=1S/C15H13NO3/c17-9-11-6-7-12-13(11)15(19)16(14(12)18)8-10-4-2-1-3-5-10/h1-6,9,12-13H,7-8H2/t12-,13+/m0/s1. The largest absolute Gasteiger partial charge is 0.298 e. The first-order valence-electron chi connectivity index (χ1n) is 6.26. The second-order valence-corrected chi connectivity index (χ2v) is 4.89. The van der Waals surface area contributed by atoms with Gasteiger partial charge in [0, 0.05) is 5.57 Å². The number of nitrogens with zero attached hydrogens (tertiary/aromatic N) is 1. The number of benzene rings is 1. The fourth-order valence-electron chi connectivity index (χ4n) is 2.84. The molecule has 96 valence electrons. The Morgan fingerprint density at radius 3 is 2.58 bits per heavy atom. The number of allylic oxidation sites excluding steroid dienone is 1. The second kappa shape index (κ2) is 4.46. The minimum absolute atomic E-state index is 0.160. The lowest BCUT2D eigenvalue weighted by Crippen LogP contribution is -2.31. The molecule has 1 aromatic rings. The van der Waals surface area contributed by atoms with Gasteiger partial charge in [0.15, 0.2) is 0 Å². The summed E-state index contributed by atoms with van der Waals surface area (Å²) in [6.45, 7) is 0.289. The van der Waals surface area contributed by atoms with Crippen LogP contribution < -0.4 is 0 Å². The third-order valence-corrected chi connectivity index (χ3v) is 3.80. The van der Waals surface area contributed by atoms with Gasteiger partial charge in [-0.05, 0) is 12.0 Å². The Morgan fingerprint density at radius 2 is 1.89 bits per heavy atom. The topological polar surface area (TPSA) is 54.5 Å². The Labute approximate surface area is 110 Å². The highest BCUT2D eigenvalue weighted by Gasteiger charge is 2.50. The molecule has 2 aliphatic rings. The average Bonchev–Trinajstić information content (AvgIpc) is 2.96. The van der Waals surface area contributed by atoms with Gasteiger partial charge in [-0.2, -0.15) is 0 Å². The lowest BCUT2D eigenvalue weighted by atomic mass is 9.94. The molecule has 0 N–H and O–H groups in total. The molecule has 0 saturated carbocycles. The van der Waals surface area contributed by atoms with E-state index in [1.165, 1.54) is 4.90 Å². The van der Waals surface area contributed by atoms with Crippen LogP contribution in [0.15, 0.2) is 42.0 Å². The molecule has 1 heterocycles. The molecule has 4 heteroatoms. The third kappa shape index (κ3) is 1.80. The van der Waals surface area contributed by atoms with Crippen LogP contribution in [0.2, 0.25) is 0 Å². The maximum atomic E-state index is 12.3. The van der Waals surface area contributed by atoms with Gasteiger partial charge >= 0.3 is 0 Å². The van der Waals surface area contributed by atoms with Gasteiger partial charge in [0.05, 0.1) is 18.4 Å². The predicted octanol–water partition coefficient (Wildman–Crippen LogP) is 1.32. The second-order valence-electron chi connectivity index (χ2n) is 4.89. The summed E-state index contributed by atoms with van der Waals surface area (Å²) in [5.74, 6) is -1.31. The summed E-state index contributed by atoms with van der Waals surface area (Å²) in [6.07, 6.45) is 2.90. The summed E-state index contributed by atoms with van der Waals surface area (Å²) in [7, 11) is 0. The van der Waals surface area contributed by atoms with E-state index in [1.54, 1.807) is 6.08 Å². The molecule has 1 aliphatic heterocycles. The maximum absolute atomic E-state index is 12.3. The molecule has 0 spiro atoms.